The van der Waals surface area contributed by atoms with Gasteiger partial charge in [0.25, 0.3) is 0 Å². The second kappa shape index (κ2) is 5.11. The van der Waals surface area contributed by atoms with Crippen molar-refractivity contribution in [1.82, 2.24) is 0 Å². The maximum Gasteiger partial charge on any atom is 0.0364 e. The summed E-state index contributed by atoms with van der Waals surface area (Å²) in [5.74, 6) is 1.61. The molecule has 2 atom stereocenters. The second-order valence-electron chi connectivity index (χ2n) is 4.54. The second-order valence-corrected chi connectivity index (χ2v) is 5.10. The molecule has 0 aliphatic heterocycles. The van der Waals surface area contributed by atoms with Crippen LogP contribution in [-0.2, 0) is 0 Å². The van der Waals surface area contributed by atoms with Crippen LogP contribution in [0.5, 0.6) is 0 Å². The van der Waals surface area contributed by atoms with E-state index in [4.69, 9.17) is 11.6 Å². The van der Waals surface area contributed by atoms with E-state index in [1.807, 2.05) is 0 Å². The quantitative estimate of drug-likeness (QED) is 0.450. The van der Waals surface area contributed by atoms with E-state index in [-0.39, 0.29) is 0 Å². The molecule has 0 aromatic carbocycles. The van der Waals surface area contributed by atoms with Gasteiger partial charge in [0.1, 0.15) is 0 Å². The van der Waals surface area contributed by atoms with E-state index in [0.717, 1.165) is 11.8 Å². The number of hydrogen-bond donors (Lipinski definition) is 0. The van der Waals surface area contributed by atoms with Crippen LogP contribution in [0.3, 0.4) is 0 Å². The molecule has 0 spiro atoms. The van der Waals surface area contributed by atoms with Crippen LogP contribution in [0.15, 0.2) is 0 Å². The van der Waals surface area contributed by atoms with Crippen LogP contribution < -0.4 is 0 Å². The van der Waals surface area contributed by atoms with E-state index in [9.17, 15) is 0 Å². The van der Waals surface area contributed by atoms with Gasteiger partial charge in [0.05, 0.1) is 0 Å². The molecule has 0 saturated heterocycles. The lowest BCUT2D eigenvalue weighted by atomic mass is 9.90. The van der Waals surface area contributed by atoms with Crippen LogP contribution in [0.1, 0.15) is 52.4 Å². The Morgan fingerprint density at radius 2 is 1.83 bits per heavy atom. The van der Waals surface area contributed by atoms with Gasteiger partial charge in [-0.15, -0.1) is 11.6 Å². The molecule has 0 aromatic heterocycles. The molecule has 0 heterocycles. The lowest BCUT2D eigenvalue weighted by Gasteiger charge is -2.21. The van der Waals surface area contributed by atoms with Crippen molar-refractivity contribution in [1.29, 1.82) is 0 Å². The Morgan fingerprint density at radius 1 is 1.17 bits per heavy atom. The Morgan fingerprint density at radius 3 is 2.50 bits per heavy atom. The first-order valence-corrected chi connectivity index (χ1v) is 5.78. The fourth-order valence-corrected chi connectivity index (χ4v) is 2.59. The Bertz CT molecular complexity index is 120. The lowest BCUT2D eigenvalue weighted by Crippen LogP contribution is -2.15. The molecule has 0 radical (unpaired) electrons. The summed E-state index contributed by atoms with van der Waals surface area (Å²) in [6.07, 6.45) is 8.10. The van der Waals surface area contributed by atoms with E-state index >= 15 is 0 Å². The normalized spacial score (nSPS) is 32.0. The highest BCUT2D eigenvalue weighted by Gasteiger charge is 2.21. The van der Waals surface area contributed by atoms with Gasteiger partial charge in [0.15, 0.2) is 0 Å². The van der Waals surface area contributed by atoms with Gasteiger partial charge in [0, 0.05) is 5.38 Å². The zero-order valence-electron chi connectivity index (χ0n) is 8.35. The molecule has 0 nitrogen and oxygen atoms in total. The summed E-state index contributed by atoms with van der Waals surface area (Å²) in [6, 6.07) is 0. The van der Waals surface area contributed by atoms with Crippen LogP contribution in [0.2, 0.25) is 0 Å². The largest absolute Gasteiger partial charge is 0.123 e. The molecule has 1 saturated carbocycles. The maximum atomic E-state index is 6.33. The van der Waals surface area contributed by atoms with Crippen molar-refractivity contribution in [2.45, 2.75) is 57.7 Å². The summed E-state index contributed by atoms with van der Waals surface area (Å²) >= 11 is 6.33. The van der Waals surface area contributed by atoms with E-state index < -0.39 is 0 Å². The van der Waals surface area contributed by atoms with Crippen molar-refractivity contribution >= 4 is 11.6 Å². The molecule has 12 heavy (non-hydrogen) atoms. The Balaban J connectivity index is 2.36. The van der Waals surface area contributed by atoms with Crippen LogP contribution in [0, 0.1) is 11.8 Å². The van der Waals surface area contributed by atoms with E-state index in [1.165, 1.54) is 38.5 Å². The van der Waals surface area contributed by atoms with Gasteiger partial charge in [-0.1, -0.05) is 33.1 Å². The highest BCUT2D eigenvalue weighted by Crippen LogP contribution is 2.31. The van der Waals surface area contributed by atoms with E-state index in [2.05, 4.69) is 13.8 Å². The standard InChI is InChI=1S/C11H21Cl/c1-9(2)8-10-6-4-3-5-7-11(10)12/h9-11H,3-8H2,1-2H3. The first kappa shape index (κ1) is 10.4. The van der Waals surface area contributed by atoms with Gasteiger partial charge in [0.2, 0.25) is 0 Å². The Kier molecular flexibility index (Phi) is 4.42. The zero-order valence-corrected chi connectivity index (χ0v) is 9.11. The van der Waals surface area contributed by atoms with Crippen LogP contribution in [0.4, 0.5) is 0 Å². The molecule has 1 rings (SSSR count). The molecular weight excluding hydrogens is 168 g/mol. The van der Waals surface area contributed by atoms with Gasteiger partial charge in [-0.25, -0.2) is 0 Å². The highest BCUT2D eigenvalue weighted by atomic mass is 35.5. The highest BCUT2D eigenvalue weighted by molar-refractivity contribution is 6.20. The first-order valence-electron chi connectivity index (χ1n) is 5.34. The molecule has 72 valence electrons. The van der Waals surface area contributed by atoms with Gasteiger partial charge in [-0.3, -0.25) is 0 Å². The van der Waals surface area contributed by atoms with Crippen LogP contribution in [-0.4, -0.2) is 5.38 Å². The summed E-state index contributed by atoms with van der Waals surface area (Å²) < 4.78 is 0. The molecule has 0 N–H and O–H groups in total. The monoisotopic (exact) mass is 188 g/mol. The number of hydrogen-bond acceptors (Lipinski definition) is 0. The average Bonchev–Trinajstić information content (AvgIpc) is 2.16. The van der Waals surface area contributed by atoms with Crippen molar-refractivity contribution < 1.29 is 0 Å². The predicted molar refractivity (Wildman–Crippen MR) is 55.7 cm³/mol. The predicted octanol–water partition coefficient (Wildman–Crippen LogP) is 4.22. The van der Waals surface area contributed by atoms with Crippen molar-refractivity contribution in [2.24, 2.45) is 11.8 Å². The Labute approximate surface area is 81.7 Å². The van der Waals surface area contributed by atoms with Gasteiger partial charge < -0.3 is 0 Å². The minimum Gasteiger partial charge on any atom is -0.123 e. The fraction of sp³-hybridized carbons (Fsp3) is 1.00. The number of rotatable bonds is 2. The van der Waals surface area contributed by atoms with Gasteiger partial charge in [-0.05, 0) is 31.1 Å². The first-order chi connectivity index (χ1) is 5.70. The average molecular weight is 189 g/mol. The molecular formula is C11H21Cl. The molecule has 1 aliphatic rings. The molecule has 1 heteroatoms. The third kappa shape index (κ3) is 3.35. The minimum absolute atomic E-state index is 0.467. The third-order valence-electron chi connectivity index (χ3n) is 2.84. The molecule has 0 aromatic rings. The molecule has 0 bridgehead atoms. The summed E-state index contributed by atoms with van der Waals surface area (Å²) in [5, 5.41) is 0.467. The summed E-state index contributed by atoms with van der Waals surface area (Å²) in [6.45, 7) is 4.60. The van der Waals surface area contributed by atoms with E-state index in [1.54, 1.807) is 0 Å². The molecule has 1 fully saturated rings. The Hall–Kier alpha value is 0.290. The van der Waals surface area contributed by atoms with Crippen molar-refractivity contribution in [3.63, 3.8) is 0 Å². The fourth-order valence-electron chi connectivity index (χ4n) is 2.21. The number of alkyl halides is 1. The van der Waals surface area contributed by atoms with E-state index in [0.29, 0.717) is 5.38 Å². The van der Waals surface area contributed by atoms with Gasteiger partial charge in [-0.2, -0.15) is 0 Å². The van der Waals surface area contributed by atoms with Crippen LogP contribution in [0.25, 0.3) is 0 Å². The van der Waals surface area contributed by atoms with Crippen molar-refractivity contribution in [3.8, 4) is 0 Å². The lowest BCUT2D eigenvalue weighted by molar-refractivity contribution is 0.375. The molecule has 1 aliphatic carbocycles. The maximum absolute atomic E-state index is 6.33. The summed E-state index contributed by atoms with van der Waals surface area (Å²) in [5.41, 5.74) is 0. The SMILES string of the molecule is CC(C)CC1CCCCCC1Cl. The number of halogens is 1. The summed E-state index contributed by atoms with van der Waals surface area (Å²) in [4.78, 5) is 0. The van der Waals surface area contributed by atoms with Crippen LogP contribution >= 0.6 is 11.6 Å². The third-order valence-corrected chi connectivity index (χ3v) is 3.42. The smallest absolute Gasteiger partial charge is 0.0364 e. The van der Waals surface area contributed by atoms with Gasteiger partial charge >= 0.3 is 0 Å². The topological polar surface area (TPSA) is 0 Å². The van der Waals surface area contributed by atoms with Crippen molar-refractivity contribution in [2.75, 3.05) is 0 Å². The molecule has 2 unspecified atom stereocenters. The minimum atomic E-state index is 0.467. The molecule has 0 amide bonds. The zero-order chi connectivity index (χ0) is 8.97. The van der Waals surface area contributed by atoms with Crippen molar-refractivity contribution in [3.05, 3.63) is 0 Å². The summed E-state index contributed by atoms with van der Waals surface area (Å²) in [7, 11) is 0.